The van der Waals surface area contributed by atoms with Gasteiger partial charge in [-0.3, -0.25) is 4.79 Å². The summed E-state index contributed by atoms with van der Waals surface area (Å²) < 4.78 is 37.3. The maximum absolute atomic E-state index is 12.4. The molecule has 0 heterocycles. The van der Waals surface area contributed by atoms with Crippen molar-refractivity contribution < 1.29 is 18.0 Å². The molecule has 0 saturated heterocycles. The van der Waals surface area contributed by atoms with E-state index >= 15 is 0 Å². The monoisotopic (exact) mass is 254 g/mol. The van der Waals surface area contributed by atoms with Crippen LogP contribution in [0.15, 0.2) is 29.8 Å². The summed E-state index contributed by atoms with van der Waals surface area (Å²) in [6.45, 7) is 0. The molecule has 0 spiro atoms. The Morgan fingerprint density at radius 2 is 2.11 bits per heavy atom. The van der Waals surface area contributed by atoms with Crippen LogP contribution in [-0.4, -0.2) is 13.0 Å². The minimum absolute atomic E-state index is 0.143. The lowest BCUT2D eigenvalue weighted by Crippen LogP contribution is -2.19. The molecule has 1 amide bonds. The second kappa shape index (κ2) is 5.36. The predicted molar refractivity (Wildman–Crippen MR) is 59.1 cm³/mol. The number of hydrogen-bond acceptors (Lipinski definition) is 2. The Bertz CT molecular complexity index is 527. The number of nitriles is 1. The third-order valence-electron chi connectivity index (χ3n) is 2.12. The first-order valence-electron chi connectivity index (χ1n) is 4.89. The molecular weight excluding hydrogens is 245 g/mol. The van der Waals surface area contributed by atoms with Gasteiger partial charge in [0.1, 0.15) is 11.6 Å². The van der Waals surface area contributed by atoms with Crippen molar-refractivity contribution >= 4 is 12.0 Å². The number of hydrogen-bond donors (Lipinski definition) is 1. The lowest BCUT2D eigenvalue weighted by atomic mass is 10.1. The van der Waals surface area contributed by atoms with Crippen molar-refractivity contribution in [3.05, 3.63) is 41.0 Å². The number of carbonyl (C=O) groups is 1. The van der Waals surface area contributed by atoms with Gasteiger partial charge in [0.15, 0.2) is 0 Å². The Labute approximate surface area is 102 Å². The summed E-state index contributed by atoms with van der Waals surface area (Å²) in [5, 5.41) is 10.9. The highest BCUT2D eigenvalue weighted by Gasteiger charge is 2.30. The Hall–Kier alpha value is -2.29. The number of nitrogens with zero attached hydrogens (tertiary/aromatic N) is 1. The van der Waals surface area contributed by atoms with Crippen LogP contribution < -0.4 is 5.32 Å². The van der Waals surface area contributed by atoms with Gasteiger partial charge in [-0.1, -0.05) is 12.1 Å². The maximum atomic E-state index is 12.4. The minimum Gasteiger partial charge on any atom is -0.354 e. The van der Waals surface area contributed by atoms with E-state index in [4.69, 9.17) is 5.26 Å². The molecular formula is C12H9F3N2O. The van der Waals surface area contributed by atoms with Gasteiger partial charge in [0.25, 0.3) is 5.91 Å². The van der Waals surface area contributed by atoms with Crippen LogP contribution in [0.3, 0.4) is 0 Å². The van der Waals surface area contributed by atoms with Crippen molar-refractivity contribution in [1.29, 1.82) is 5.26 Å². The quantitative estimate of drug-likeness (QED) is 0.650. The third kappa shape index (κ3) is 3.35. The van der Waals surface area contributed by atoms with Crippen molar-refractivity contribution in [3.63, 3.8) is 0 Å². The zero-order valence-corrected chi connectivity index (χ0v) is 9.38. The number of nitrogens with one attached hydrogen (secondary N) is 1. The van der Waals surface area contributed by atoms with Crippen LogP contribution in [0.1, 0.15) is 11.1 Å². The van der Waals surface area contributed by atoms with E-state index in [0.717, 1.165) is 18.2 Å². The Morgan fingerprint density at radius 1 is 1.44 bits per heavy atom. The van der Waals surface area contributed by atoms with Gasteiger partial charge in [0.05, 0.1) is 5.56 Å². The zero-order valence-electron chi connectivity index (χ0n) is 9.38. The highest BCUT2D eigenvalue weighted by molar-refractivity contribution is 6.01. The molecule has 0 aliphatic heterocycles. The minimum atomic E-state index is -4.45. The summed E-state index contributed by atoms with van der Waals surface area (Å²) in [6, 6.07) is 6.02. The van der Waals surface area contributed by atoms with Gasteiger partial charge in [-0.25, -0.2) is 0 Å². The number of rotatable bonds is 2. The van der Waals surface area contributed by atoms with Crippen LogP contribution in [0, 0.1) is 11.3 Å². The SMILES string of the molecule is CNC(=O)/C(C#N)=C/c1cccc(C(F)(F)F)c1. The van der Waals surface area contributed by atoms with E-state index in [9.17, 15) is 18.0 Å². The van der Waals surface area contributed by atoms with E-state index in [1.54, 1.807) is 6.07 Å². The van der Waals surface area contributed by atoms with E-state index < -0.39 is 17.6 Å². The van der Waals surface area contributed by atoms with E-state index in [1.165, 1.54) is 19.2 Å². The summed E-state index contributed by atoms with van der Waals surface area (Å²) in [5.41, 5.74) is -0.938. The molecule has 6 heteroatoms. The molecule has 0 unspecified atom stereocenters. The van der Waals surface area contributed by atoms with Gasteiger partial charge in [-0.2, -0.15) is 18.4 Å². The van der Waals surface area contributed by atoms with Crippen LogP contribution in [0.4, 0.5) is 13.2 Å². The molecule has 94 valence electrons. The van der Waals surface area contributed by atoms with Gasteiger partial charge in [0.2, 0.25) is 0 Å². The van der Waals surface area contributed by atoms with Gasteiger partial charge < -0.3 is 5.32 Å². The van der Waals surface area contributed by atoms with Crippen molar-refractivity contribution in [2.24, 2.45) is 0 Å². The Kier molecular flexibility index (Phi) is 4.10. The van der Waals surface area contributed by atoms with Crippen molar-refractivity contribution in [2.45, 2.75) is 6.18 Å². The lowest BCUT2D eigenvalue weighted by Gasteiger charge is -2.06. The average molecular weight is 254 g/mol. The van der Waals surface area contributed by atoms with Crippen LogP contribution in [0.2, 0.25) is 0 Å². The molecule has 1 aromatic carbocycles. The summed E-state index contributed by atoms with van der Waals surface area (Å²) in [5.74, 6) is -0.644. The Balaban J connectivity index is 3.16. The Morgan fingerprint density at radius 3 is 2.61 bits per heavy atom. The molecule has 1 aromatic rings. The van der Waals surface area contributed by atoms with Gasteiger partial charge in [-0.15, -0.1) is 0 Å². The number of likely N-dealkylation sites (N-methyl/N-ethyl adjacent to an activating group) is 1. The van der Waals surface area contributed by atoms with Crippen LogP contribution in [0.25, 0.3) is 6.08 Å². The molecule has 18 heavy (non-hydrogen) atoms. The standard InChI is InChI=1S/C12H9F3N2O/c1-17-11(18)9(7-16)5-8-3-2-4-10(6-8)12(13,14)15/h2-6H,1H3,(H,17,18)/b9-5+. The highest BCUT2D eigenvalue weighted by Crippen LogP contribution is 2.29. The number of halogens is 3. The summed E-state index contributed by atoms with van der Waals surface area (Å²) in [6.07, 6.45) is -3.35. The van der Waals surface area contributed by atoms with Crippen molar-refractivity contribution in [3.8, 4) is 6.07 Å². The van der Waals surface area contributed by atoms with E-state index in [2.05, 4.69) is 5.32 Å². The number of benzene rings is 1. The second-order valence-corrected chi connectivity index (χ2v) is 3.37. The molecule has 0 bridgehead atoms. The predicted octanol–water partition coefficient (Wildman–Crippen LogP) is 2.36. The number of alkyl halides is 3. The highest BCUT2D eigenvalue weighted by atomic mass is 19.4. The fourth-order valence-electron chi connectivity index (χ4n) is 1.25. The first kappa shape index (κ1) is 13.8. The molecule has 0 aliphatic rings. The van der Waals surface area contributed by atoms with Gasteiger partial charge >= 0.3 is 6.18 Å². The topological polar surface area (TPSA) is 52.9 Å². The second-order valence-electron chi connectivity index (χ2n) is 3.37. The van der Waals surface area contributed by atoms with Gasteiger partial charge in [-0.05, 0) is 23.8 Å². The van der Waals surface area contributed by atoms with Crippen LogP contribution in [0.5, 0.6) is 0 Å². The molecule has 0 saturated carbocycles. The fraction of sp³-hybridized carbons (Fsp3) is 0.167. The molecule has 0 aliphatic carbocycles. The molecule has 3 nitrogen and oxygen atoms in total. The summed E-state index contributed by atoms with van der Waals surface area (Å²) in [4.78, 5) is 11.2. The summed E-state index contributed by atoms with van der Waals surface area (Å²) in [7, 11) is 1.33. The molecule has 0 radical (unpaired) electrons. The third-order valence-corrected chi connectivity index (χ3v) is 2.12. The molecule has 1 rings (SSSR count). The normalized spacial score (nSPS) is 11.8. The molecule has 0 fully saturated rings. The molecule has 0 aromatic heterocycles. The van der Waals surface area contributed by atoms with Crippen molar-refractivity contribution in [1.82, 2.24) is 5.32 Å². The van der Waals surface area contributed by atoms with E-state index in [1.807, 2.05) is 0 Å². The number of amides is 1. The van der Waals surface area contributed by atoms with Gasteiger partial charge in [0, 0.05) is 7.05 Å². The first-order chi connectivity index (χ1) is 8.38. The summed E-state index contributed by atoms with van der Waals surface area (Å²) >= 11 is 0. The molecule has 1 N–H and O–H groups in total. The average Bonchev–Trinajstić information content (AvgIpc) is 2.34. The maximum Gasteiger partial charge on any atom is 0.416 e. The largest absolute Gasteiger partial charge is 0.416 e. The van der Waals surface area contributed by atoms with Crippen molar-refractivity contribution in [2.75, 3.05) is 7.05 Å². The number of carbonyl (C=O) groups excluding carboxylic acids is 1. The van der Waals surface area contributed by atoms with E-state index in [-0.39, 0.29) is 11.1 Å². The molecule has 0 atom stereocenters. The lowest BCUT2D eigenvalue weighted by molar-refractivity contribution is -0.137. The zero-order chi connectivity index (χ0) is 13.8. The fourth-order valence-corrected chi connectivity index (χ4v) is 1.25. The smallest absolute Gasteiger partial charge is 0.354 e. The van der Waals surface area contributed by atoms with Crippen LogP contribution >= 0.6 is 0 Å². The first-order valence-corrected chi connectivity index (χ1v) is 4.89. The van der Waals surface area contributed by atoms with Crippen LogP contribution in [-0.2, 0) is 11.0 Å². The van der Waals surface area contributed by atoms with E-state index in [0.29, 0.717) is 0 Å².